The number of carbonyl (C=O) groups excluding carboxylic acids is 1. The molecule has 0 aliphatic carbocycles. The topological polar surface area (TPSA) is 51.1 Å². The summed E-state index contributed by atoms with van der Waals surface area (Å²) in [6.07, 6.45) is 1.16. The molecule has 0 aromatic heterocycles. The first-order chi connectivity index (χ1) is 12.7. The summed E-state index contributed by atoms with van der Waals surface area (Å²) in [6.45, 7) is 2.95. The lowest BCUT2D eigenvalue weighted by Gasteiger charge is -2.34. The third kappa shape index (κ3) is 3.29. The highest BCUT2D eigenvalue weighted by molar-refractivity contribution is 6.03. The van der Waals surface area contributed by atoms with E-state index in [9.17, 15) is 4.79 Å². The van der Waals surface area contributed by atoms with Crippen molar-refractivity contribution in [1.82, 2.24) is 4.90 Å². The molecule has 1 saturated heterocycles. The average Bonchev–Trinajstić information content (AvgIpc) is 3.12. The van der Waals surface area contributed by atoms with Crippen LogP contribution in [0, 0.1) is 12.8 Å². The highest BCUT2D eigenvalue weighted by Crippen LogP contribution is 2.33. The molecule has 2 aliphatic heterocycles. The van der Waals surface area contributed by atoms with Gasteiger partial charge in [-0.05, 0) is 30.9 Å². The summed E-state index contributed by atoms with van der Waals surface area (Å²) in [5.74, 6) is 0.0933. The molecule has 134 valence electrons. The van der Waals surface area contributed by atoms with E-state index in [1.807, 2.05) is 30.3 Å². The van der Waals surface area contributed by atoms with E-state index >= 15 is 0 Å². The zero-order chi connectivity index (χ0) is 17.9. The van der Waals surface area contributed by atoms with E-state index in [1.165, 1.54) is 5.56 Å². The van der Waals surface area contributed by atoms with Crippen molar-refractivity contribution in [2.24, 2.45) is 11.1 Å². The van der Waals surface area contributed by atoms with Gasteiger partial charge in [-0.3, -0.25) is 4.90 Å². The molecule has 5 nitrogen and oxygen atoms in total. The summed E-state index contributed by atoms with van der Waals surface area (Å²) in [6, 6.07) is 18.0. The molecule has 2 aliphatic rings. The van der Waals surface area contributed by atoms with Gasteiger partial charge < -0.3 is 9.57 Å². The maximum atomic E-state index is 12.6. The number of ether oxygens (including phenoxy) is 1. The number of hydrogen-bond donors (Lipinski definition) is 0. The first-order valence-electron chi connectivity index (χ1n) is 9.00. The number of oxime groups is 1. The summed E-state index contributed by atoms with van der Waals surface area (Å²) in [5, 5.41) is 4.30. The van der Waals surface area contributed by atoms with Gasteiger partial charge in [-0.15, -0.1) is 0 Å². The molecule has 0 saturated carbocycles. The molecule has 4 rings (SSSR count). The van der Waals surface area contributed by atoms with Gasteiger partial charge in [0.1, 0.15) is 6.61 Å². The molecule has 26 heavy (non-hydrogen) atoms. The van der Waals surface area contributed by atoms with Crippen LogP contribution in [0.15, 0.2) is 59.8 Å². The first kappa shape index (κ1) is 16.6. The van der Waals surface area contributed by atoms with Crippen molar-refractivity contribution < 1.29 is 14.4 Å². The Hall–Kier alpha value is -2.82. The Morgan fingerprint density at radius 2 is 1.96 bits per heavy atom. The molecule has 0 N–H and O–H groups in total. The Morgan fingerprint density at radius 3 is 2.73 bits per heavy atom. The number of fused-ring (bicyclic) bond motifs is 1. The molecular formula is C21H22N2O3. The van der Waals surface area contributed by atoms with Gasteiger partial charge >= 0.3 is 6.09 Å². The minimum Gasteiger partial charge on any atom is -0.444 e. The van der Waals surface area contributed by atoms with Crippen molar-refractivity contribution in [3.8, 4) is 0 Å². The van der Waals surface area contributed by atoms with Gasteiger partial charge in [-0.25, -0.2) is 4.79 Å². The maximum absolute atomic E-state index is 12.6. The molecule has 0 bridgehead atoms. The second kappa shape index (κ2) is 7.20. The van der Waals surface area contributed by atoms with E-state index in [0.717, 1.165) is 29.7 Å². The number of likely N-dealkylation sites (tertiary alicyclic amines) is 1. The van der Waals surface area contributed by atoms with Crippen molar-refractivity contribution in [3.63, 3.8) is 0 Å². The predicted octanol–water partition coefficient (Wildman–Crippen LogP) is 4.10. The molecule has 1 amide bonds. The van der Waals surface area contributed by atoms with E-state index < -0.39 is 0 Å². The number of aryl methyl sites for hydroxylation is 1. The second-order valence-corrected chi connectivity index (χ2v) is 6.82. The second-order valence-electron chi connectivity index (χ2n) is 6.82. The number of carbonyl (C=O) groups is 1. The predicted molar refractivity (Wildman–Crippen MR) is 98.6 cm³/mol. The lowest BCUT2D eigenvalue weighted by Crippen LogP contribution is -2.49. The molecule has 0 unspecified atom stereocenters. The van der Waals surface area contributed by atoms with Crippen LogP contribution < -0.4 is 0 Å². The fraction of sp³-hybridized carbons (Fsp3) is 0.333. The lowest BCUT2D eigenvalue weighted by atomic mass is 9.88. The van der Waals surface area contributed by atoms with Crippen molar-refractivity contribution in [3.05, 3.63) is 71.3 Å². The largest absolute Gasteiger partial charge is 0.444 e. The van der Waals surface area contributed by atoms with E-state index in [-0.39, 0.29) is 24.8 Å². The minimum absolute atomic E-state index is 0.0933. The van der Waals surface area contributed by atoms with E-state index in [1.54, 1.807) is 4.90 Å². The van der Waals surface area contributed by atoms with Gasteiger partial charge in [0, 0.05) is 6.54 Å². The molecule has 2 aromatic carbocycles. The fourth-order valence-corrected chi connectivity index (χ4v) is 3.54. The van der Waals surface area contributed by atoms with Crippen molar-refractivity contribution in [1.29, 1.82) is 0 Å². The summed E-state index contributed by atoms with van der Waals surface area (Å²) in [5.41, 5.74) is 4.16. The molecule has 2 aromatic rings. The van der Waals surface area contributed by atoms with Crippen LogP contribution in [0.2, 0.25) is 0 Å². The average molecular weight is 350 g/mol. The maximum Gasteiger partial charge on any atom is 0.413 e. The number of benzene rings is 2. The van der Waals surface area contributed by atoms with Gasteiger partial charge in [-0.1, -0.05) is 65.3 Å². The van der Waals surface area contributed by atoms with Gasteiger partial charge in [0.15, 0.2) is 0 Å². The van der Waals surface area contributed by atoms with E-state index in [4.69, 9.17) is 9.57 Å². The minimum atomic E-state index is -0.372. The SMILES string of the molecule is Cc1ccc(C2=NO[C@@H]3[C@H]2CCCN3C(=O)OCc2ccccc2)cc1. The Kier molecular flexibility index (Phi) is 4.61. The molecule has 5 heteroatoms. The molecule has 1 fully saturated rings. The van der Waals surface area contributed by atoms with E-state index in [2.05, 4.69) is 36.3 Å². The van der Waals surface area contributed by atoms with Crippen molar-refractivity contribution in [2.75, 3.05) is 6.54 Å². The molecular weight excluding hydrogens is 328 g/mol. The summed E-state index contributed by atoms with van der Waals surface area (Å²) >= 11 is 0. The Morgan fingerprint density at radius 1 is 1.19 bits per heavy atom. The highest BCUT2D eigenvalue weighted by Gasteiger charge is 2.44. The first-order valence-corrected chi connectivity index (χ1v) is 9.00. The van der Waals surface area contributed by atoms with Crippen LogP contribution in [0.3, 0.4) is 0 Å². The van der Waals surface area contributed by atoms with Gasteiger partial charge in [0.25, 0.3) is 0 Å². The number of hydrogen-bond acceptors (Lipinski definition) is 4. The lowest BCUT2D eigenvalue weighted by molar-refractivity contribution is -0.0695. The summed E-state index contributed by atoms with van der Waals surface area (Å²) in [7, 11) is 0. The van der Waals surface area contributed by atoms with Crippen LogP contribution in [0.1, 0.15) is 29.5 Å². The van der Waals surface area contributed by atoms with E-state index in [0.29, 0.717) is 6.54 Å². The zero-order valence-electron chi connectivity index (χ0n) is 14.8. The standard InChI is InChI=1S/C21H22N2O3/c1-15-9-11-17(12-10-15)19-18-8-5-13-23(20(18)26-22-19)21(24)25-14-16-6-3-2-4-7-16/h2-4,6-7,9-12,18,20H,5,8,13-14H2,1H3/t18-,20+/m0/s1. The van der Waals surface area contributed by atoms with Crippen LogP contribution in [0.5, 0.6) is 0 Å². The van der Waals surface area contributed by atoms with Gasteiger partial charge in [-0.2, -0.15) is 0 Å². The highest BCUT2D eigenvalue weighted by atomic mass is 16.7. The fourth-order valence-electron chi connectivity index (χ4n) is 3.54. The molecule has 0 spiro atoms. The third-order valence-electron chi connectivity index (χ3n) is 4.96. The van der Waals surface area contributed by atoms with Crippen LogP contribution in [0.25, 0.3) is 0 Å². The Bertz CT molecular complexity index is 802. The van der Waals surface area contributed by atoms with Crippen LogP contribution in [0.4, 0.5) is 4.79 Å². The number of piperidine rings is 1. The monoisotopic (exact) mass is 350 g/mol. The van der Waals surface area contributed by atoms with Crippen molar-refractivity contribution in [2.45, 2.75) is 32.6 Å². The number of rotatable bonds is 3. The van der Waals surface area contributed by atoms with Crippen molar-refractivity contribution >= 4 is 11.8 Å². The number of nitrogens with zero attached hydrogens (tertiary/aromatic N) is 2. The Labute approximate surface area is 153 Å². The normalized spacial score (nSPS) is 21.6. The van der Waals surface area contributed by atoms with Crippen LogP contribution >= 0.6 is 0 Å². The summed E-state index contributed by atoms with van der Waals surface area (Å²) < 4.78 is 5.49. The zero-order valence-corrected chi connectivity index (χ0v) is 14.8. The quantitative estimate of drug-likeness (QED) is 0.837. The summed E-state index contributed by atoms with van der Waals surface area (Å²) in [4.78, 5) is 19.9. The molecule has 0 radical (unpaired) electrons. The Balaban J connectivity index is 1.43. The third-order valence-corrected chi connectivity index (χ3v) is 4.96. The van der Waals surface area contributed by atoms with Crippen LogP contribution in [-0.4, -0.2) is 29.5 Å². The molecule has 2 atom stereocenters. The van der Waals surface area contributed by atoms with Crippen LogP contribution in [-0.2, 0) is 16.2 Å². The van der Waals surface area contributed by atoms with Gasteiger partial charge in [0.05, 0.1) is 11.6 Å². The van der Waals surface area contributed by atoms with Gasteiger partial charge in [0.2, 0.25) is 6.23 Å². The molecule has 2 heterocycles. The number of amides is 1. The smallest absolute Gasteiger partial charge is 0.413 e.